The third-order valence-electron chi connectivity index (χ3n) is 2.96. The fourth-order valence-electron chi connectivity index (χ4n) is 1.91. The van der Waals surface area contributed by atoms with Gasteiger partial charge in [0.1, 0.15) is 25.1 Å². The Kier molecular flexibility index (Phi) is 6.61. The highest BCUT2D eigenvalue weighted by Gasteiger charge is 2.12. The van der Waals surface area contributed by atoms with Crippen molar-refractivity contribution in [2.75, 3.05) is 19.8 Å². The first-order valence-electron chi connectivity index (χ1n) is 6.66. The molecule has 122 valence electrons. The van der Waals surface area contributed by atoms with Crippen molar-refractivity contribution >= 4 is 11.7 Å². The highest BCUT2D eigenvalue weighted by molar-refractivity contribution is 5.97. The third kappa shape index (κ3) is 4.90. The van der Waals surface area contributed by atoms with Crippen molar-refractivity contribution < 1.29 is 25.0 Å². The Morgan fingerprint density at radius 3 is 2.50 bits per heavy atom. The van der Waals surface area contributed by atoms with E-state index in [0.29, 0.717) is 11.3 Å². The van der Waals surface area contributed by atoms with Gasteiger partial charge in [0.15, 0.2) is 5.84 Å². The lowest BCUT2D eigenvalue weighted by Gasteiger charge is -2.17. The van der Waals surface area contributed by atoms with Crippen LogP contribution in [0, 0.1) is 13.8 Å². The SMILES string of the molecule is Cc1cc(/C(N)=N/O)cc(C)c1OC[C@@H](O)CNC(=O)CO. The van der Waals surface area contributed by atoms with Crippen LogP contribution in [0.15, 0.2) is 17.3 Å². The summed E-state index contributed by atoms with van der Waals surface area (Å²) >= 11 is 0. The van der Waals surface area contributed by atoms with Gasteiger partial charge in [-0.25, -0.2) is 0 Å². The van der Waals surface area contributed by atoms with E-state index < -0.39 is 18.6 Å². The van der Waals surface area contributed by atoms with Crippen LogP contribution in [0.2, 0.25) is 0 Å². The standard InChI is InChI=1S/C14H21N3O5/c1-8-3-10(14(15)17-21)4-9(2)13(8)22-7-11(19)5-16-12(20)6-18/h3-4,11,18-19,21H,5-7H2,1-2H3,(H2,15,17)(H,16,20)/t11-/m0/s1. The summed E-state index contributed by atoms with van der Waals surface area (Å²) in [4.78, 5) is 10.9. The molecule has 8 nitrogen and oxygen atoms in total. The zero-order valence-corrected chi connectivity index (χ0v) is 12.5. The molecule has 1 atom stereocenters. The van der Waals surface area contributed by atoms with Crippen LogP contribution in [0.4, 0.5) is 0 Å². The third-order valence-corrected chi connectivity index (χ3v) is 2.96. The molecular formula is C14H21N3O5. The minimum absolute atomic E-state index is 0.00417. The Balaban J connectivity index is 2.68. The topological polar surface area (TPSA) is 137 Å². The van der Waals surface area contributed by atoms with Crippen LogP contribution >= 0.6 is 0 Å². The Bertz CT molecular complexity index is 536. The lowest BCUT2D eigenvalue weighted by molar-refractivity contribution is -0.124. The predicted molar refractivity (Wildman–Crippen MR) is 80.0 cm³/mol. The number of rotatable bonds is 7. The average molecular weight is 311 g/mol. The first-order valence-corrected chi connectivity index (χ1v) is 6.66. The maximum absolute atomic E-state index is 10.9. The number of hydrogen-bond donors (Lipinski definition) is 5. The molecular weight excluding hydrogens is 290 g/mol. The summed E-state index contributed by atoms with van der Waals surface area (Å²) in [5.74, 6) is 0.0288. The number of aliphatic hydroxyl groups excluding tert-OH is 2. The van der Waals surface area contributed by atoms with E-state index in [2.05, 4.69) is 10.5 Å². The van der Waals surface area contributed by atoms with Crippen molar-refractivity contribution in [1.82, 2.24) is 5.32 Å². The van der Waals surface area contributed by atoms with Crippen molar-refractivity contribution in [3.8, 4) is 5.75 Å². The number of amidine groups is 1. The van der Waals surface area contributed by atoms with Crippen LogP contribution in [0.1, 0.15) is 16.7 Å². The minimum Gasteiger partial charge on any atom is -0.490 e. The van der Waals surface area contributed by atoms with Crippen LogP contribution in [0.5, 0.6) is 5.75 Å². The molecule has 22 heavy (non-hydrogen) atoms. The molecule has 0 bridgehead atoms. The van der Waals surface area contributed by atoms with Gasteiger partial charge in [-0.2, -0.15) is 0 Å². The van der Waals surface area contributed by atoms with Crippen LogP contribution in [-0.4, -0.2) is 53.0 Å². The van der Waals surface area contributed by atoms with Crippen molar-refractivity contribution in [1.29, 1.82) is 0 Å². The van der Waals surface area contributed by atoms with Gasteiger partial charge in [0, 0.05) is 12.1 Å². The van der Waals surface area contributed by atoms with Crippen molar-refractivity contribution in [3.05, 3.63) is 28.8 Å². The first-order chi connectivity index (χ1) is 10.4. The number of amides is 1. The van der Waals surface area contributed by atoms with Gasteiger partial charge < -0.3 is 31.2 Å². The van der Waals surface area contributed by atoms with Gasteiger partial charge in [0.25, 0.3) is 0 Å². The van der Waals surface area contributed by atoms with Crippen molar-refractivity contribution in [2.24, 2.45) is 10.9 Å². The van der Waals surface area contributed by atoms with Crippen molar-refractivity contribution in [3.63, 3.8) is 0 Å². The molecule has 8 heteroatoms. The zero-order valence-electron chi connectivity index (χ0n) is 12.5. The number of nitrogens with two attached hydrogens (primary N) is 1. The molecule has 0 aliphatic heterocycles. The van der Waals surface area contributed by atoms with E-state index in [1.807, 2.05) is 0 Å². The summed E-state index contributed by atoms with van der Waals surface area (Å²) in [6, 6.07) is 3.41. The predicted octanol–water partition coefficient (Wildman–Crippen LogP) is -0.754. The average Bonchev–Trinajstić information content (AvgIpc) is 2.50. The summed E-state index contributed by atoms with van der Waals surface area (Å²) < 4.78 is 5.56. The molecule has 1 rings (SSSR count). The molecule has 0 aliphatic rings. The van der Waals surface area contributed by atoms with Gasteiger partial charge in [0.05, 0.1) is 0 Å². The van der Waals surface area contributed by atoms with Crippen LogP contribution in [-0.2, 0) is 4.79 Å². The zero-order chi connectivity index (χ0) is 16.7. The molecule has 6 N–H and O–H groups in total. The van der Waals surface area contributed by atoms with Crippen LogP contribution < -0.4 is 15.8 Å². The summed E-state index contributed by atoms with van der Waals surface area (Å²) in [5, 5.41) is 32.3. The molecule has 0 fully saturated rings. The molecule has 1 aromatic rings. The second kappa shape index (κ2) is 8.20. The number of aryl methyl sites for hydroxylation is 2. The number of nitrogens with zero attached hydrogens (tertiary/aromatic N) is 1. The van der Waals surface area contributed by atoms with Crippen molar-refractivity contribution in [2.45, 2.75) is 20.0 Å². The number of carbonyl (C=O) groups excluding carboxylic acids is 1. The quantitative estimate of drug-likeness (QED) is 0.194. The van der Waals surface area contributed by atoms with Gasteiger partial charge in [-0.3, -0.25) is 4.79 Å². The molecule has 1 aromatic carbocycles. The summed E-state index contributed by atoms with van der Waals surface area (Å²) in [5.41, 5.74) is 7.66. The highest BCUT2D eigenvalue weighted by Crippen LogP contribution is 2.25. The molecule has 0 aromatic heterocycles. The normalized spacial score (nSPS) is 12.8. The fourth-order valence-corrected chi connectivity index (χ4v) is 1.91. The molecule has 0 spiro atoms. The Labute approximate surface area is 128 Å². The number of benzene rings is 1. The second-order valence-corrected chi connectivity index (χ2v) is 4.85. The summed E-state index contributed by atoms with van der Waals surface area (Å²) in [7, 11) is 0. The van der Waals surface area contributed by atoms with E-state index >= 15 is 0 Å². The van der Waals surface area contributed by atoms with Gasteiger partial charge in [-0.05, 0) is 37.1 Å². The van der Waals surface area contributed by atoms with E-state index in [1.165, 1.54) is 0 Å². The first kappa shape index (κ1) is 17.7. The fraction of sp³-hybridized carbons (Fsp3) is 0.429. The van der Waals surface area contributed by atoms with Gasteiger partial charge in [-0.15, -0.1) is 0 Å². The number of carbonyl (C=O) groups is 1. The van der Waals surface area contributed by atoms with Gasteiger partial charge in [0.2, 0.25) is 5.91 Å². The van der Waals surface area contributed by atoms with E-state index in [-0.39, 0.29) is 19.0 Å². The molecule has 0 saturated carbocycles. The van der Waals surface area contributed by atoms with Gasteiger partial charge in [-0.1, -0.05) is 5.16 Å². The van der Waals surface area contributed by atoms with Gasteiger partial charge >= 0.3 is 0 Å². The molecule has 0 aliphatic carbocycles. The number of hydrogen-bond acceptors (Lipinski definition) is 6. The molecule has 0 heterocycles. The number of ether oxygens (including phenoxy) is 1. The lowest BCUT2D eigenvalue weighted by atomic mass is 10.1. The Morgan fingerprint density at radius 2 is 2.00 bits per heavy atom. The van der Waals surface area contributed by atoms with E-state index in [4.69, 9.17) is 20.8 Å². The minimum atomic E-state index is -0.905. The Hall–Kier alpha value is -2.32. The molecule has 0 saturated heterocycles. The smallest absolute Gasteiger partial charge is 0.245 e. The lowest BCUT2D eigenvalue weighted by Crippen LogP contribution is -2.36. The monoisotopic (exact) mass is 311 g/mol. The number of oxime groups is 1. The highest BCUT2D eigenvalue weighted by atomic mass is 16.5. The van der Waals surface area contributed by atoms with E-state index in [0.717, 1.165) is 11.1 Å². The summed E-state index contributed by atoms with van der Waals surface area (Å²) in [6.45, 7) is 2.95. The van der Waals surface area contributed by atoms with E-state index in [9.17, 15) is 9.90 Å². The van der Waals surface area contributed by atoms with Crippen LogP contribution in [0.3, 0.4) is 0 Å². The molecule has 0 radical (unpaired) electrons. The maximum atomic E-state index is 10.9. The molecule has 1 amide bonds. The number of aliphatic hydroxyl groups is 2. The largest absolute Gasteiger partial charge is 0.490 e. The number of nitrogens with one attached hydrogen (secondary N) is 1. The van der Waals surface area contributed by atoms with Crippen LogP contribution in [0.25, 0.3) is 0 Å². The molecule has 0 unspecified atom stereocenters. The second-order valence-electron chi connectivity index (χ2n) is 4.85. The Morgan fingerprint density at radius 1 is 1.41 bits per heavy atom. The summed E-state index contributed by atoms with van der Waals surface area (Å²) in [6.07, 6.45) is -0.905. The maximum Gasteiger partial charge on any atom is 0.245 e. The van der Waals surface area contributed by atoms with E-state index in [1.54, 1.807) is 26.0 Å².